The monoisotopic (exact) mass is 378 g/mol. The molecule has 0 saturated heterocycles. The Hall–Kier alpha value is 0.170. The Morgan fingerprint density at radius 3 is 2.31 bits per heavy atom. The molecule has 0 aliphatic heterocycles. The minimum absolute atomic E-state index is 0.0995. The molecule has 1 unspecified atom stereocenters. The summed E-state index contributed by atoms with van der Waals surface area (Å²) >= 11 is 15.1. The van der Waals surface area contributed by atoms with Crippen molar-refractivity contribution in [1.82, 2.24) is 0 Å². The fourth-order valence-corrected chi connectivity index (χ4v) is 4.86. The molecule has 84 valence electrons. The largest absolute Gasteiger partial charge is 0.121 e. The van der Waals surface area contributed by atoms with Gasteiger partial charge in [0, 0.05) is 5.56 Å². The van der Waals surface area contributed by atoms with E-state index in [0.29, 0.717) is 0 Å². The fraction of sp³-hybridized carbons (Fsp3) is 0.167. The van der Waals surface area contributed by atoms with E-state index in [1.807, 2.05) is 0 Å². The van der Waals surface area contributed by atoms with Gasteiger partial charge in [-0.1, -0.05) is 29.8 Å². The Labute approximate surface area is 121 Å². The van der Waals surface area contributed by atoms with Crippen LogP contribution in [0.2, 0.25) is 0 Å². The van der Waals surface area contributed by atoms with Gasteiger partial charge in [0.1, 0.15) is 0 Å². The van der Waals surface area contributed by atoms with Crippen LogP contribution in [-0.4, -0.2) is 0 Å². The number of hydrogen-bond acceptors (Lipinski definition) is 1. The summed E-state index contributed by atoms with van der Waals surface area (Å²) in [5.74, 6) is 0. The van der Waals surface area contributed by atoms with Crippen LogP contribution in [0.4, 0.5) is 0 Å². The third-order valence-corrected chi connectivity index (χ3v) is 5.20. The first-order chi connectivity index (χ1) is 7.58. The second kappa shape index (κ2) is 5.21. The maximum absolute atomic E-state index is 6.46. The van der Waals surface area contributed by atoms with Crippen LogP contribution < -0.4 is 0 Å². The molecule has 0 aliphatic carbocycles. The Morgan fingerprint density at radius 1 is 1.19 bits per heavy atom. The van der Waals surface area contributed by atoms with Gasteiger partial charge in [-0.2, -0.15) is 0 Å². The third kappa shape index (κ3) is 2.70. The van der Waals surface area contributed by atoms with E-state index in [2.05, 4.69) is 69.1 Å². The molecular weight excluding hydrogens is 371 g/mol. The number of thiophene rings is 1. The first-order valence-corrected chi connectivity index (χ1v) is 7.57. The molecule has 0 radical (unpaired) electrons. The van der Waals surface area contributed by atoms with Gasteiger partial charge in [-0.3, -0.25) is 0 Å². The van der Waals surface area contributed by atoms with Crippen LogP contribution in [0.3, 0.4) is 0 Å². The highest BCUT2D eigenvalue weighted by molar-refractivity contribution is 9.12. The third-order valence-electron chi connectivity index (χ3n) is 2.33. The van der Waals surface area contributed by atoms with Crippen molar-refractivity contribution < 1.29 is 0 Å². The minimum atomic E-state index is -0.0995. The lowest BCUT2D eigenvalue weighted by Gasteiger charge is -2.09. The van der Waals surface area contributed by atoms with Crippen molar-refractivity contribution in [2.75, 3.05) is 0 Å². The van der Waals surface area contributed by atoms with E-state index in [0.717, 1.165) is 18.7 Å². The predicted molar refractivity (Wildman–Crippen MR) is 78.6 cm³/mol. The van der Waals surface area contributed by atoms with Gasteiger partial charge in [-0.25, -0.2) is 0 Å². The van der Waals surface area contributed by atoms with Crippen LogP contribution in [-0.2, 0) is 0 Å². The summed E-state index contributed by atoms with van der Waals surface area (Å²) in [6, 6.07) is 10.4. The van der Waals surface area contributed by atoms with Crippen molar-refractivity contribution in [2.24, 2.45) is 0 Å². The Balaban J connectivity index is 2.35. The van der Waals surface area contributed by atoms with Crippen molar-refractivity contribution in [1.29, 1.82) is 0 Å². The van der Waals surface area contributed by atoms with Gasteiger partial charge in [0.2, 0.25) is 0 Å². The molecule has 16 heavy (non-hydrogen) atoms. The van der Waals surface area contributed by atoms with E-state index in [4.69, 9.17) is 11.6 Å². The van der Waals surface area contributed by atoms with Crippen molar-refractivity contribution in [2.45, 2.75) is 12.3 Å². The molecule has 1 atom stereocenters. The molecule has 0 N–H and O–H groups in total. The number of hydrogen-bond donors (Lipinski definition) is 0. The van der Waals surface area contributed by atoms with Crippen LogP contribution in [0.1, 0.15) is 22.1 Å². The highest BCUT2D eigenvalue weighted by atomic mass is 79.9. The van der Waals surface area contributed by atoms with Gasteiger partial charge in [-0.05, 0) is 50.4 Å². The maximum Gasteiger partial charge on any atom is 0.0854 e. The quantitative estimate of drug-likeness (QED) is 0.568. The van der Waals surface area contributed by atoms with E-state index in [-0.39, 0.29) is 5.38 Å². The topological polar surface area (TPSA) is 0 Å². The summed E-state index contributed by atoms with van der Waals surface area (Å²) in [4.78, 5) is 0. The molecule has 0 bridgehead atoms. The second-order valence-electron chi connectivity index (χ2n) is 3.55. The number of benzene rings is 1. The molecule has 1 heterocycles. The molecular formula is C12H9Br2ClS. The van der Waals surface area contributed by atoms with E-state index >= 15 is 0 Å². The summed E-state index contributed by atoms with van der Waals surface area (Å²) in [5.41, 5.74) is 3.49. The molecule has 4 heteroatoms. The molecule has 0 amide bonds. The molecule has 0 nitrogen and oxygen atoms in total. The number of halogens is 3. The lowest BCUT2D eigenvalue weighted by molar-refractivity contribution is 1.14. The number of aryl methyl sites for hydroxylation is 1. The van der Waals surface area contributed by atoms with Crippen LogP contribution in [0.25, 0.3) is 0 Å². The standard InChI is InChI=1S/C12H9Br2ClS/c1-7-2-4-8(5-3-7)11(15)9-6-10(13)16-12(9)14/h2-6,11H,1H3. The van der Waals surface area contributed by atoms with E-state index in [1.165, 1.54) is 5.56 Å². The highest BCUT2D eigenvalue weighted by Gasteiger charge is 2.16. The maximum atomic E-state index is 6.46. The molecule has 1 aromatic heterocycles. The fourth-order valence-electron chi connectivity index (χ4n) is 1.44. The average Bonchev–Trinajstić information content (AvgIpc) is 2.58. The molecule has 0 aliphatic rings. The summed E-state index contributed by atoms with van der Waals surface area (Å²) in [6.07, 6.45) is 0. The highest BCUT2D eigenvalue weighted by Crippen LogP contribution is 2.40. The van der Waals surface area contributed by atoms with Gasteiger partial charge >= 0.3 is 0 Å². The van der Waals surface area contributed by atoms with E-state index in [1.54, 1.807) is 11.3 Å². The normalized spacial score (nSPS) is 12.8. The Morgan fingerprint density at radius 2 is 1.81 bits per heavy atom. The molecule has 2 rings (SSSR count). The number of rotatable bonds is 2. The van der Waals surface area contributed by atoms with Crippen molar-refractivity contribution in [3.8, 4) is 0 Å². The first-order valence-electron chi connectivity index (χ1n) is 4.73. The molecule has 2 aromatic rings. The molecule has 1 aromatic carbocycles. The second-order valence-corrected chi connectivity index (χ2v) is 7.74. The van der Waals surface area contributed by atoms with Gasteiger partial charge < -0.3 is 0 Å². The van der Waals surface area contributed by atoms with Crippen molar-refractivity contribution in [3.05, 3.63) is 54.6 Å². The zero-order valence-electron chi connectivity index (χ0n) is 8.51. The Bertz CT molecular complexity index is 490. The lowest BCUT2D eigenvalue weighted by atomic mass is 10.1. The smallest absolute Gasteiger partial charge is 0.0854 e. The van der Waals surface area contributed by atoms with Gasteiger partial charge in [0.05, 0.1) is 12.9 Å². The summed E-state index contributed by atoms with van der Waals surface area (Å²) in [7, 11) is 0. The van der Waals surface area contributed by atoms with Crippen molar-refractivity contribution in [3.63, 3.8) is 0 Å². The van der Waals surface area contributed by atoms with Crippen LogP contribution in [0.5, 0.6) is 0 Å². The molecule has 0 fully saturated rings. The average molecular weight is 381 g/mol. The lowest BCUT2D eigenvalue weighted by Crippen LogP contribution is -1.91. The zero-order valence-corrected chi connectivity index (χ0v) is 13.3. The SMILES string of the molecule is Cc1ccc(C(Cl)c2cc(Br)sc2Br)cc1. The molecule has 0 saturated carbocycles. The van der Waals surface area contributed by atoms with E-state index in [9.17, 15) is 0 Å². The summed E-state index contributed by atoms with van der Waals surface area (Å²) in [5, 5.41) is -0.0995. The van der Waals surface area contributed by atoms with Crippen LogP contribution in [0, 0.1) is 6.92 Å². The van der Waals surface area contributed by atoms with Crippen molar-refractivity contribution >= 4 is 54.8 Å². The summed E-state index contributed by atoms with van der Waals surface area (Å²) in [6.45, 7) is 2.07. The molecule has 0 spiro atoms. The zero-order chi connectivity index (χ0) is 11.7. The first kappa shape index (κ1) is 12.6. The summed E-state index contributed by atoms with van der Waals surface area (Å²) < 4.78 is 2.17. The number of alkyl halides is 1. The van der Waals surface area contributed by atoms with Gasteiger partial charge in [0.25, 0.3) is 0 Å². The van der Waals surface area contributed by atoms with Gasteiger partial charge in [-0.15, -0.1) is 22.9 Å². The van der Waals surface area contributed by atoms with Gasteiger partial charge in [0.15, 0.2) is 0 Å². The van der Waals surface area contributed by atoms with Crippen LogP contribution >= 0.6 is 54.8 Å². The predicted octanol–water partition coefficient (Wildman–Crippen LogP) is 5.91. The minimum Gasteiger partial charge on any atom is -0.121 e. The van der Waals surface area contributed by atoms with E-state index < -0.39 is 0 Å². The van der Waals surface area contributed by atoms with Crippen LogP contribution in [0.15, 0.2) is 37.9 Å². The Kier molecular flexibility index (Phi) is 4.11.